The van der Waals surface area contributed by atoms with Crippen LogP contribution in [0.3, 0.4) is 0 Å². The van der Waals surface area contributed by atoms with Crippen LogP contribution in [0.4, 0.5) is 0 Å². The van der Waals surface area contributed by atoms with Gasteiger partial charge in [0, 0.05) is 37.7 Å². The van der Waals surface area contributed by atoms with E-state index in [2.05, 4.69) is 51.4 Å². The Labute approximate surface area is 108 Å². The molecule has 5 heteroatoms. The quantitative estimate of drug-likeness (QED) is 0.844. The molecule has 0 atom stereocenters. The molecule has 0 bridgehead atoms. The molecule has 0 aliphatic carbocycles. The predicted octanol–water partition coefficient (Wildman–Crippen LogP) is 1.65. The van der Waals surface area contributed by atoms with E-state index in [1.165, 1.54) is 0 Å². The topological polar surface area (TPSA) is 47.7 Å². The van der Waals surface area contributed by atoms with Crippen LogP contribution < -0.4 is 5.32 Å². The van der Waals surface area contributed by atoms with Crippen LogP contribution in [0.15, 0.2) is 24.9 Å². The Morgan fingerprint density at radius 1 is 1.33 bits per heavy atom. The lowest BCUT2D eigenvalue weighted by Gasteiger charge is -2.06. The van der Waals surface area contributed by atoms with Gasteiger partial charge >= 0.3 is 0 Å². The fourth-order valence-electron chi connectivity index (χ4n) is 1.84. The third-order valence-electron chi connectivity index (χ3n) is 2.84. The number of nitrogens with zero attached hydrogens (tertiary/aromatic N) is 4. The predicted molar refractivity (Wildman–Crippen MR) is 71.2 cm³/mol. The highest BCUT2D eigenvalue weighted by molar-refractivity contribution is 5.00. The Balaban J connectivity index is 1.98. The first-order chi connectivity index (χ1) is 8.69. The van der Waals surface area contributed by atoms with Crippen molar-refractivity contribution in [2.45, 2.75) is 46.4 Å². The average molecular weight is 247 g/mol. The van der Waals surface area contributed by atoms with Crippen LogP contribution in [0.25, 0.3) is 0 Å². The lowest BCUT2D eigenvalue weighted by molar-refractivity contribution is 0.582. The maximum Gasteiger partial charge on any atom is 0.128 e. The Bertz CT molecular complexity index is 483. The SMILES string of the molecule is CCn1ccnc1Cn1cnc(CNC(C)C)c1. The number of rotatable bonds is 6. The number of hydrogen-bond acceptors (Lipinski definition) is 3. The van der Waals surface area contributed by atoms with Gasteiger partial charge in [-0.05, 0) is 6.92 Å². The van der Waals surface area contributed by atoms with Crippen molar-refractivity contribution in [3.63, 3.8) is 0 Å². The van der Waals surface area contributed by atoms with Crippen molar-refractivity contribution in [1.82, 2.24) is 24.4 Å². The second-order valence-corrected chi connectivity index (χ2v) is 4.70. The van der Waals surface area contributed by atoms with Crippen LogP contribution in [0.1, 0.15) is 32.3 Å². The van der Waals surface area contributed by atoms with E-state index in [1.54, 1.807) is 0 Å². The number of hydrogen-bond donors (Lipinski definition) is 1. The van der Waals surface area contributed by atoms with Gasteiger partial charge < -0.3 is 14.5 Å². The molecule has 0 unspecified atom stereocenters. The molecular weight excluding hydrogens is 226 g/mol. The highest BCUT2D eigenvalue weighted by atomic mass is 15.1. The third kappa shape index (κ3) is 3.20. The molecule has 98 valence electrons. The van der Waals surface area contributed by atoms with E-state index in [4.69, 9.17) is 0 Å². The van der Waals surface area contributed by atoms with E-state index >= 15 is 0 Å². The second kappa shape index (κ2) is 5.82. The van der Waals surface area contributed by atoms with E-state index in [0.717, 1.165) is 31.2 Å². The van der Waals surface area contributed by atoms with Crippen LogP contribution in [0.5, 0.6) is 0 Å². The first kappa shape index (κ1) is 12.8. The summed E-state index contributed by atoms with van der Waals surface area (Å²) in [5.41, 5.74) is 1.07. The van der Waals surface area contributed by atoms with Crippen LogP contribution >= 0.6 is 0 Å². The monoisotopic (exact) mass is 247 g/mol. The normalized spacial score (nSPS) is 11.3. The van der Waals surface area contributed by atoms with Gasteiger partial charge in [0.15, 0.2) is 0 Å². The zero-order valence-corrected chi connectivity index (χ0v) is 11.3. The van der Waals surface area contributed by atoms with Crippen LogP contribution in [0, 0.1) is 0 Å². The number of imidazole rings is 2. The summed E-state index contributed by atoms with van der Waals surface area (Å²) in [4.78, 5) is 8.75. The minimum atomic E-state index is 0.481. The summed E-state index contributed by atoms with van der Waals surface area (Å²) >= 11 is 0. The first-order valence-electron chi connectivity index (χ1n) is 6.43. The minimum absolute atomic E-state index is 0.481. The highest BCUT2D eigenvalue weighted by Gasteiger charge is 2.04. The molecule has 0 amide bonds. The molecule has 0 spiro atoms. The fraction of sp³-hybridized carbons (Fsp3) is 0.538. The van der Waals surface area contributed by atoms with Crippen molar-refractivity contribution in [2.24, 2.45) is 0 Å². The fourth-order valence-corrected chi connectivity index (χ4v) is 1.84. The largest absolute Gasteiger partial charge is 0.334 e. The van der Waals surface area contributed by atoms with Gasteiger partial charge in [0.1, 0.15) is 5.82 Å². The van der Waals surface area contributed by atoms with E-state index < -0.39 is 0 Å². The van der Waals surface area contributed by atoms with E-state index in [-0.39, 0.29) is 0 Å². The molecule has 2 aromatic rings. The molecule has 0 saturated carbocycles. The molecule has 5 nitrogen and oxygen atoms in total. The standard InChI is InChI=1S/C13H21N5/c1-4-18-6-5-14-13(18)9-17-8-12(16-10-17)7-15-11(2)3/h5-6,8,10-11,15H,4,7,9H2,1-3H3. The van der Waals surface area contributed by atoms with Gasteiger partial charge in [0.25, 0.3) is 0 Å². The van der Waals surface area contributed by atoms with E-state index in [9.17, 15) is 0 Å². The molecule has 2 aromatic heterocycles. The summed E-state index contributed by atoms with van der Waals surface area (Å²) in [6, 6.07) is 0.481. The van der Waals surface area contributed by atoms with Crippen molar-refractivity contribution in [3.05, 3.63) is 36.4 Å². The van der Waals surface area contributed by atoms with Gasteiger partial charge in [-0.2, -0.15) is 0 Å². The van der Waals surface area contributed by atoms with Crippen LogP contribution in [-0.2, 0) is 19.6 Å². The molecule has 0 aliphatic heterocycles. The Morgan fingerprint density at radius 3 is 2.89 bits per heavy atom. The Kier molecular flexibility index (Phi) is 4.15. The first-order valence-corrected chi connectivity index (χ1v) is 6.43. The smallest absolute Gasteiger partial charge is 0.128 e. The number of nitrogens with one attached hydrogen (secondary N) is 1. The minimum Gasteiger partial charge on any atom is -0.334 e. The van der Waals surface area contributed by atoms with E-state index in [1.807, 2.05) is 18.7 Å². The summed E-state index contributed by atoms with van der Waals surface area (Å²) < 4.78 is 4.22. The van der Waals surface area contributed by atoms with Crippen LogP contribution in [0.2, 0.25) is 0 Å². The number of aromatic nitrogens is 4. The van der Waals surface area contributed by atoms with Gasteiger partial charge in [0.05, 0.1) is 18.6 Å². The molecule has 0 aliphatic rings. The summed E-state index contributed by atoms with van der Waals surface area (Å²) in [5.74, 6) is 1.07. The molecule has 0 aromatic carbocycles. The van der Waals surface area contributed by atoms with Crippen LogP contribution in [-0.4, -0.2) is 25.1 Å². The Hall–Kier alpha value is -1.62. The molecule has 0 fully saturated rings. The second-order valence-electron chi connectivity index (χ2n) is 4.70. The van der Waals surface area contributed by atoms with Gasteiger partial charge in [-0.15, -0.1) is 0 Å². The lowest BCUT2D eigenvalue weighted by atomic mass is 10.3. The molecular formula is C13H21N5. The highest BCUT2D eigenvalue weighted by Crippen LogP contribution is 2.03. The Morgan fingerprint density at radius 2 is 2.17 bits per heavy atom. The van der Waals surface area contributed by atoms with Gasteiger partial charge in [0.2, 0.25) is 0 Å². The molecule has 1 N–H and O–H groups in total. The number of aryl methyl sites for hydroxylation is 1. The molecule has 2 heterocycles. The van der Waals surface area contributed by atoms with Crippen molar-refractivity contribution in [2.75, 3.05) is 0 Å². The lowest BCUT2D eigenvalue weighted by Crippen LogP contribution is -2.21. The van der Waals surface area contributed by atoms with Gasteiger partial charge in [-0.3, -0.25) is 0 Å². The summed E-state index contributed by atoms with van der Waals surface area (Å²) in [6.45, 7) is 8.93. The molecule has 0 radical (unpaired) electrons. The summed E-state index contributed by atoms with van der Waals surface area (Å²) in [5, 5.41) is 3.36. The summed E-state index contributed by atoms with van der Waals surface area (Å²) in [7, 11) is 0. The molecule has 0 saturated heterocycles. The zero-order valence-electron chi connectivity index (χ0n) is 11.3. The average Bonchev–Trinajstić information content (AvgIpc) is 2.96. The zero-order chi connectivity index (χ0) is 13.0. The van der Waals surface area contributed by atoms with Crippen molar-refractivity contribution < 1.29 is 0 Å². The van der Waals surface area contributed by atoms with Gasteiger partial charge in [-0.1, -0.05) is 13.8 Å². The van der Waals surface area contributed by atoms with Gasteiger partial charge in [-0.25, -0.2) is 9.97 Å². The van der Waals surface area contributed by atoms with Crippen molar-refractivity contribution in [3.8, 4) is 0 Å². The maximum atomic E-state index is 4.39. The maximum absolute atomic E-state index is 4.39. The third-order valence-corrected chi connectivity index (χ3v) is 2.84. The molecule has 18 heavy (non-hydrogen) atoms. The molecule has 2 rings (SSSR count). The van der Waals surface area contributed by atoms with Crippen molar-refractivity contribution in [1.29, 1.82) is 0 Å². The van der Waals surface area contributed by atoms with E-state index in [0.29, 0.717) is 6.04 Å². The summed E-state index contributed by atoms with van der Waals surface area (Å²) in [6.07, 6.45) is 7.79. The van der Waals surface area contributed by atoms with Crippen molar-refractivity contribution >= 4 is 0 Å².